The number of hydrogen-bond acceptors (Lipinski definition) is 3. The summed E-state index contributed by atoms with van der Waals surface area (Å²) in [6, 6.07) is 3.32. The summed E-state index contributed by atoms with van der Waals surface area (Å²) in [4.78, 5) is 21.7. The van der Waals surface area contributed by atoms with Crippen molar-refractivity contribution in [3.63, 3.8) is 0 Å². The lowest BCUT2D eigenvalue weighted by Crippen LogP contribution is -2.33. The van der Waals surface area contributed by atoms with Crippen molar-refractivity contribution < 1.29 is 23.8 Å². The van der Waals surface area contributed by atoms with Gasteiger partial charge in [-0.3, -0.25) is 4.79 Å². The van der Waals surface area contributed by atoms with Gasteiger partial charge in [-0.25, -0.2) is 9.18 Å². The molecule has 6 heteroatoms. The normalized spacial score (nSPS) is 11.7. The number of ether oxygens (including phenoxy) is 1. The average molecular weight is 241 g/mol. The summed E-state index contributed by atoms with van der Waals surface area (Å²) in [5.74, 6) is -2.51. The Hall–Kier alpha value is -2.11. The van der Waals surface area contributed by atoms with Crippen molar-refractivity contribution in [2.75, 3.05) is 7.05 Å². The van der Waals surface area contributed by atoms with Crippen LogP contribution in [0.5, 0.6) is 5.75 Å². The molecule has 0 aromatic heterocycles. The lowest BCUT2D eigenvalue weighted by molar-refractivity contribution is -0.126. The van der Waals surface area contributed by atoms with E-state index in [1.807, 2.05) is 0 Å². The minimum absolute atomic E-state index is 0.101. The number of likely N-dealkylation sites (N-methyl/N-ethyl adjacent to an activating group) is 1. The third-order valence-electron chi connectivity index (χ3n) is 2.10. The van der Waals surface area contributed by atoms with Crippen molar-refractivity contribution in [3.05, 3.63) is 29.6 Å². The quantitative estimate of drug-likeness (QED) is 0.825. The van der Waals surface area contributed by atoms with E-state index in [1.54, 1.807) is 0 Å². The average Bonchev–Trinajstić information content (AvgIpc) is 2.27. The van der Waals surface area contributed by atoms with Crippen molar-refractivity contribution >= 4 is 11.9 Å². The Morgan fingerprint density at radius 1 is 1.47 bits per heavy atom. The highest BCUT2D eigenvalue weighted by Crippen LogP contribution is 2.17. The van der Waals surface area contributed by atoms with Crippen LogP contribution >= 0.6 is 0 Å². The zero-order valence-corrected chi connectivity index (χ0v) is 9.36. The van der Waals surface area contributed by atoms with E-state index < -0.39 is 23.5 Å². The lowest BCUT2D eigenvalue weighted by Gasteiger charge is -2.13. The Balaban J connectivity index is 2.84. The van der Waals surface area contributed by atoms with Gasteiger partial charge in [0.25, 0.3) is 5.91 Å². The third kappa shape index (κ3) is 3.17. The number of halogens is 1. The highest BCUT2D eigenvalue weighted by atomic mass is 19.1. The molecule has 0 spiro atoms. The topological polar surface area (TPSA) is 75.6 Å². The Morgan fingerprint density at radius 2 is 2.12 bits per heavy atom. The first-order valence-electron chi connectivity index (χ1n) is 4.86. The number of nitrogens with one attached hydrogen (secondary N) is 1. The van der Waals surface area contributed by atoms with Crippen LogP contribution in [0.15, 0.2) is 18.2 Å². The van der Waals surface area contributed by atoms with Gasteiger partial charge in [-0.2, -0.15) is 0 Å². The number of amides is 1. The van der Waals surface area contributed by atoms with E-state index in [-0.39, 0.29) is 11.7 Å². The van der Waals surface area contributed by atoms with Crippen LogP contribution < -0.4 is 10.1 Å². The molecule has 0 aliphatic rings. The second kappa shape index (κ2) is 5.29. The van der Waals surface area contributed by atoms with Crippen LogP contribution in [0, 0.1) is 5.82 Å². The van der Waals surface area contributed by atoms with E-state index in [2.05, 4.69) is 5.32 Å². The standard InChI is InChI=1S/C11H12FNO4/c1-6(10(14)13-2)17-7-3-4-8(11(15)16)9(12)5-7/h3-6H,1-2H3,(H,13,14)(H,15,16). The van der Waals surface area contributed by atoms with Crippen molar-refractivity contribution in [2.24, 2.45) is 0 Å². The molecular formula is C11H12FNO4. The third-order valence-corrected chi connectivity index (χ3v) is 2.10. The van der Waals surface area contributed by atoms with Gasteiger partial charge in [0, 0.05) is 13.1 Å². The molecule has 0 bridgehead atoms. The van der Waals surface area contributed by atoms with Crippen molar-refractivity contribution in [1.82, 2.24) is 5.32 Å². The fourth-order valence-electron chi connectivity index (χ4n) is 1.20. The molecule has 5 nitrogen and oxygen atoms in total. The Morgan fingerprint density at radius 3 is 2.59 bits per heavy atom. The molecule has 2 N–H and O–H groups in total. The van der Waals surface area contributed by atoms with E-state index in [0.717, 1.165) is 12.1 Å². The number of rotatable bonds is 4. The number of carbonyl (C=O) groups excluding carboxylic acids is 1. The van der Waals surface area contributed by atoms with Crippen LogP contribution in [0.4, 0.5) is 4.39 Å². The number of carbonyl (C=O) groups is 2. The van der Waals surface area contributed by atoms with Crippen LogP contribution in [0.2, 0.25) is 0 Å². The van der Waals surface area contributed by atoms with E-state index >= 15 is 0 Å². The SMILES string of the molecule is CNC(=O)C(C)Oc1ccc(C(=O)O)c(F)c1. The number of benzene rings is 1. The maximum atomic E-state index is 13.3. The number of carboxylic acids is 1. The minimum atomic E-state index is -1.35. The molecule has 1 atom stereocenters. The van der Waals surface area contributed by atoms with Crippen LogP contribution in [0.1, 0.15) is 17.3 Å². The van der Waals surface area contributed by atoms with E-state index in [0.29, 0.717) is 0 Å². The summed E-state index contributed by atoms with van der Waals surface area (Å²) >= 11 is 0. The van der Waals surface area contributed by atoms with Gasteiger partial charge in [0.15, 0.2) is 6.10 Å². The van der Waals surface area contributed by atoms with Gasteiger partial charge < -0.3 is 15.2 Å². The fourth-order valence-corrected chi connectivity index (χ4v) is 1.20. The Kier molecular flexibility index (Phi) is 4.03. The van der Waals surface area contributed by atoms with E-state index in [9.17, 15) is 14.0 Å². The maximum Gasteiger partial charge on any atom is 0.338 e. The molecular weight excluding hydrogens is 229 g/mol. The van der Waals surface area contributed by atoms with Crippen molar-refractivity contribution in [2.45, 2.75) is 13.0 Å². The molecule has 1 aromatic rings. The number of hydrogen-bond donors (Lipinski definition) is 2. The summed E-state index contributed by atoms with van der Waals surface area (Å²) in [6.07, 6.45) is -0.782. The molecule has 0 saturated carbocycles. The lowest BCUT2D eigenvalue weighted by atomic mass is 10.2. The second-order valence-corrected chi connectivity index (χ2v) is 3.32. The minimum Gasteiger partial charge on any atom is -0.481 e. The van der Waals surface area contributed by atoms with Crippen LogP contribution in [-0.4, -0.2) is 30.1 Å². The first-order valence-corrected chi connectivity index (χ1v) is 4.86. The van der Waals surface area contributed by atoms with Gasteiger partial charge in [0.1, 0.15) is 11.6 Å². The smallest absolute Gasteiger partial charge is 0.338 e. The maximum absolute atomic E-state index is 13.3. The molecule has 92 valence electrons. The predicted molar refractivity (Wildman–Crippen MR) is 57.5 cm³/mol. The first kappa shape index (κ1) is 13.0. The molecule has 0 aliphatic heterocycles. The molecule has 1 unspecified atom stereocenters. The van der Waals surface area contributed by atoms with Gasteiger partial charge in [-0.1, -0.05) is 0 Å². The van der Waals surface area contributed by atoms with Crippen molar-refractivity contribution in [3.8, 4) is 5.75 Å². The van der Waals surface area contributed by atoms with Gasteiger partial charge in [-0.15, -0.1) is 0 Å². The number of aromatic carboxylic acids is 1. The molecule has 0 saturated heterocycles. The Labute approximate surface area is 97.2 Å². The molecule has 0 fully saturated rings. The molecule has 1 amide bonds. The van der Waals surface area contributed by atoms with Crippen molar-refractivity contribution in [1.29, 1.82) is 0 Å². The summed E-state index contributed by atoms with van der Waals surface area (Å²) < 4.78 is 18.4. The van der Waals surface area contributed by atoms with Crippen LogP contribution in [-0.2, 0) is 4.79 Å². The molecule has 0 aliphatic carbocycles. The van der Waals surface area contributed by atoms with Crippen LogP contribution in [0.3, 0.4) is 0 Å². The summed E-state index contributed by atoms with van der Waals surface area (Å²) in [7, 11) is 1.45. The van der Waals surface area contributed by atoms with Gasteiger partial charge >= 0.3 is 5.97 Å². The largest absolute Gasteiger partial charge is 0.481 e. The first-order chi connectivity index (χ1) is 7.95. The molecule has 17 heavy (non-hydrogen) atoms. The van der Waals surface area contributed by atoms with E-state index in [1.165, 1.54) is 20.0 Å². The van der Waals surface area contributed by atoms with Gasteiger partial charge in [-0.05, 0) is 19.1 Å². The zero-order chi connectivity index (χ0) is 13.0. The highest BCUT2D eigenvalue weighted by molar-refractivity contribution is 5.88. The summed E-state index contributed by atoms with van der Waals surface area (Å²) in [5, 5.41) is 11.0. The zero-order valence-electron chi connectivity index (χ0n) is 9.36. The predicted octanol–water partition coefficient (Wildman–Crippen LogP) is 1.04. The molecule has 0 heterocycles. The van der Waals surface area contributed by atoms with Crippen LogP contribution in [0.25, 0.3) is 0 Å². The molecule has 1 aromatic carbocycles. The number of carboxylic acid groups (broad SMARTS) is 1. The van der Waals surface area contributed by atoms with Gasteiger partial charge in [0.05, 0.1) is 5.56 Å². The summed E-state index contributed by atoms with van der Waals surface area (Å²) in [5.41, 5.74) is -0.440. The highest BCUT2D eigenvalue weighted by Gasteiger charge is 2.15. The fraction of sp³-hybridized carbons (Fsp3) is 0.273. The second-order valence-electron chi connectivity index (χ2n) is 3.32. The van der Waals surface area contributed by atoms with E-state index in [4.69, 9.17) is 9.84 Å². The molecule has 1 rings (SSSR count). The monoisotopic (exact) mass is 241 g/mol. The van der Waals surface area contributed by atoms with Gasteiger partial charge in [0.2, 0.25) is 0 Å². The Bertz CT molecular complexity index is 447. The molecule has 0 radical (unpaired) electrons. The summed E-state index contributed by atoms with van der Waals surface area (Å²) in [6.45, 7) is 1.50.